The molecule has 4 rings (SSSR count). The van der Waals surface area contributed by atoms with Gasteiger partial charge in [0, 0.05) is 24.2 Å². The summed E-state index contributed by atoms with van der Waals surface area (Å²) in [6.45, 7) is 3.58. The Hall–Kier alpha value is -0.670. The van der Waals surface area contributed by atoms with Gasteiger partial charge in [-0.2, -0.15) is 0 Å². The van der Waals surface area contributed by atoms with Crippen LogP contribution in [0.1, 0.15) is 32.6 Å². The molecule has 17 heavy (non-hydrogen) atoms. The van der Waals surface area contributed by atoms with E-state index in [2.05, 4.69) is 13.0 Å². The Morgan fingerprint density at radius 1 is 1.41 bits per heavy atom. The predicted molar refractivity (Wildman–Crippen MR) is 61.6 cm³/mol. The Morgan fingerprint density at radius 2 is 2.29 bits per heavy atom. The Balaban J connectivity index is 1.80. The predicted octanol–water partition coefficient (Wildman–Crippen LogP) is 1.86. The minimum absolute atomic E-state index is 0.101. The molecule has 0 radical (unpaired) electrons. The first-order valence-corrected chi connectivity index (χ1v) is 6.59. The van der Waals surface area contributed by atoms with Crippen molar-refractivity contribution in [3.8, 4) is 0 Å². The van der Waals surface area contributed by atoms with Crippen molar-refractivity contribution in [1.82, 2.24) is 0 Å². The van der Waals surface area contributed by atoms with E-state index in [0.29, 0.717) is 31.1 Å². The van der Waals surface area contributed by atoms with Gasteiger partial charge in [0.2, 0.25) is 0 Å². The number of carbonyl (C=O) groups is 1. The monoisotopic (exact) mass is 234 g/mol. The van der Waals surface area contributed by atoms with Crippen LogP contribution in [0.3, 0.4) is 0 Å². The Bertz CT molecular complexity index is 427. The van der Waals surface area contributed by atoms with Crippen LogP contribution in [-0.2, 0) is 14.3 Å². The number of ether oxygens (including phenoxy) is 2. The summed E-state index contributed by atoms with van der Waals surface area (Å²) in [5.41, 5.74) is 1.26. The van der Waals surface area contributed by atoms with Crippen molar-refractivity contribution >= 4 is 5.78 Å². The van der Waals surface area contributed by atoms with Crippen LogP contribution in [0.2, 0.25) is 0 Å². The van der Waals surface area contributed by atoms with Gasteiger partial charge in [0.05, 0.1) is 19.3 Å². The number of allylic oxidation sites excluding steroid dienone is 1. The molecule has 3 heteroatoms. The lowest BCUT2D eigenvalue weighted by molar-refractivity contribution is -0.130. The lowest BCUT2D eigenvalue weighted by Crippen LogP contribution is -2.53. The highest BCUT2D eigenvalue weighted by molar-refractivity contribution is 5.83. The van der Waals surface area contributed by atoms with Crippen LogP contribution in [0.4, 0.5) is 0 Å². The number of rotatable bonds is 0. The molecule has 3 nitrogen and oxygen atoms in total. The minimum atomic E-state index is -0.257. The zero-order valence-corrected chi connectivity index (χ0v) is 10.2. The zero-order valence-electron chi connectivity index (χ0n) is 10.2. The van der Waals surface area contributed by atoms with Crippen LogP contribution in [0.25, 0.3) is 0 Å². The average Bonchev–Trinajstić information content (AvgIpc) is 2.71. The summed E-state index contributed by atoms with van der Waals surface area (Å²) in [5.74, 6) is 0.773. The summed E-state index contributed by atoms with van der Waals surface area (Å²) < 4.78 is 12.1. The van der Waals surface area contributed by atoms with Crippen molar-refractivity contribution in [2.24, 2.45) is 11.3 Å². The first-order valence-electron chi connectivity index (χ1n) is 6.59. The summed E-state index contributed by atoms with van der Waals surface area (Å²) in [5, 5.41) is 0. The van der Waals surface area contributed by atoms with Crippen LogP contribution < -0.4 is 0 Å². The Labute approximate surface area is 101 Å². The Kier molecular flexibility index (Phi) is 1.82. The highest BCUT2D eigenvalue weighted by atomic mass is 16.6. The molecule has 2 aliphatic carbocycles. The van der Waals surface area contributed by atoms with Crippen molar-refractivity contribution < 1.29 is 14.3 Å². The lowest BCUT2D eigenvalue weighted by Gasteiger charge is -2.47. The largest absolute Gasteiger partial charge is 0.371 e. The fraction of sp³-hybridized carbons (Fsp3) is 0.786. The van der Waals surface area contributed by atoms with Gasteiger partial charge < -0.3 is 9.47 Å². The molecule has 0 aromatic carbocycles. The molecular formula is C14H18O3. The van der Waals surface area contributed by atoms with Gasteiger partial charge >= 0.3 is 0 Å². The molecular weight excluding hydrogens is 216 g/mol. The number of ketones is 1. The number of hydrogen-bond acceptors (Lipinski definition) is 3. The van der Waals surface area contributed by atoms with Crippen LogP contribution in [0.15, 0.2) is 11.6 Å². The van der Waals surface area contributed by atoms with E-state index in [4.69, 9.17) is 9.47 Å². The van der Waals surface area contributed by atoms with Gasteiger partial charge in [-0.1, -0.05) is 11.6 Å². The first kappa shape index (κ1) is 10.3. The molecule has 2 heterocycles. The zero-order chi connectivity index (χ0) is 11.7. The standard InChI is InChI=1S/C14H18O3/c1-9-2-3-13-7-17-14(8-16-12(13)4-9)6-10(15)5-11(13)14/h4,11-12H,2-3,5-8H2,1H3/t11-,12+,13+,14+/m1/s1. The van der Waals surface area contributed by atoms with Gasteiger partial charge in [-0.15, -0.1) is 0 Å². The van der Waals surface area contributed by atoms with E-state index in [0.717, 1.165) is 19.4 Å². The third-order valence-electron chi connectivity index (χ3n) is 5.38. The maximum Gasteiger partial charge on any atom is 0.136 e. The molecule has 0 amide bonds. The van der Waals surface area contributed by atoms with Gasteiger partial charge in [-0.25, -0.2) is 0 Å². The summed E-state index contributed by atoms with van der Waals surface area (Å²) in [6, 6.07) is 0. The highest BCUT2D eigenvalue weighted by Gasteiger charge is 2.68. The molecule has 92 valence electrons. The second-order valence-electron chi connectivity index (χ2n) is 6.30. The molecule has 1 spiro atoms. The van der Waals surface area contributed by atoms with Crippen molar-refractivity contribution in [1.29, 1.82) is 0 Å². The van der Waals surface area contributed by atoms with Crippen LogP contribution >= 0.6 is 0 Å². The molecule has 1 saturated carbocycles. The molecule has 0 aromatic rings. The van der Waals surface area contributed by atoms with E-state index < -0.39 is 0 Å². The summed E-state index contributed by atoms with van der Waals surface area (Å²) in [7, 11) is 0. The van der Waals surface area contributed by atoms with Gasteiger partial charge in [0.1, 0.15) is 11.4 Å². The highest BCUT2D eigenvalue weighted by Crippen LogP contribution is 2.61. The van der Waals surface area contributed by atoms with Gasteiger partial charge in [0.15, 0.2) is 0 Å². The number of Topliss-reactive ketones (excluding diaryl/α,β-unsaturated/α-hetero) is 1. The quantitative estimate of drug-likeness (QED) is 0.600. The van der Waals surface area contributed by atoms with E-state index in [-0.39, 0.29) is 17.1 Å². The molecule has 4 atom stereocenters. The van der Waals surface area contributed by atoms with Crippen LogP contribution in [0.5, 0.6) is 0 Å². The molecule has 3 fully saturated rings. The maximum absolute atomic E-state index is 11.8. The molecule has 0 aromatic heterocycles. The van der Waals surface area contributed by atoms with Crippen LogP contribution in [-0.4, -0.2) is 30.7 Å². The van der Waals surface area contributed by atoms with Crippen molar-refractivity contribution in [3.63, 3.8) is 0 Å². The molecule has 2 aliphatic heterocycles. The van der Waals surface area contributed by atoms with Crippen LogP contribution in [0, 0.1) is 11.3 Å². The first-order chi connectivity index (χ1) is 8.15. The van der Waals surface area contributed by atoms with Gasteiger partial charge in [0.25, 0.3) is 0 Å². The van der Waals surface area contributed by atoms with Crippen molar-refractivity contribution in [2.45, 2.75) is 44.3 Å². The number of hydrogen-bond donors (Lipinski definition) is 0. The SMILES string of the molecule is CC1=C[C@@H]2OC[C@@]34CC(=O)C[C@@H]3[C@]2(CC1)CO4. The summed E-state index contributed by atoms with van der Waals surface area (Å²) in [6.07, 6.45) is 6.00. The van der Waals surface area contributed by atoms with Crippen molar-refractivity contribution in [3.05, 3.63) is 11.6 Å². The normalized spacial score (nSPS) is 52.1. The lowest BCUT2D eigenvalue weighted by atomic mass is 9.62. The molecule has 2 saturated heterocycles. The summed E-state index contributed by atoms with van der Waals surface area (Å²) in [4.78, 5) is 11.8. The fourth-order valence-corrected chi connectivity index (χ4v) is 4.45. The van der Waals surface area contributed by atoms with E-state index >= 15 is 0 Å². The summed E-state index contributed by atoms with van der Waals surface area (Å²) >= 11 is 0. The van der Waals surface area contributed by atoms with E-state index in [1.54, 1.807) is 0 Å². The van der Waals surface area contributed by atoms with E-state index in [1.165, 1.54) is 5.57 Å². The second-order valence-corrected chi connectivity index (χ2v) is 6.30. The average molecular weight is 234 g/mol. The van der Waals surface area contributed by atoms with Crippen molar-refractivity contribution in [2.75, 3.05) is 13.2 Å². The topological polar surface area (TPSA) is 35.5 Å². The molecule has 0 N–H and O–H groups in total. The minimum Gasteiger partial charge on any atom is -0.371 e. The molecule has 0 unspecified atom stereocenters. The molecule has 2 bridgehead atoms. The van der Waals surface area contributed by atoms with E-state index in [1.807, 2.05) is 0 Å². The molecule has 4 aliphatic rings. The fourth-order valence-electron chi connectivity index (χ4n) is 4.45. The third kappa shape index (κ3) is 1.12. The third-order valence-corrected chi connectivity index (χ3v) is 5.38. The van der Waals surface area contributed by atoms with Gasteiger partial charge in [-0.05, 0) is 19.8 Å². The van der Waals surface area contributed by atoms with E-state index in [9.17, 15) is 4.79 Å². The maximum atomic E-state index is 11.8. The Morgan fingerprint density at radius 3 is 3.18 bits per heavy atom. The van der Waals surface area contributed by atoms with Gasteiger partial charge in [-0.3, -0.25) is 4.79 Å². The smallest absolute Gasteiger partial charge is 0.136 e. The number of carbonyl (C=O) groups excluding carboxylic acids is 1. The second kappa shape index (κ2) is 3.01.